The van der Waals surface area contributed by atoms with Crippen LogP contribution in [0, 0.1) is 11.8 Å². The van der Waals surface area contributed by atoms with Gasteiger partial charge in [-0.05, 0) is 119 Å². The Balaban J connectivity index is 0.812. The van der Waals surface area contributed by atoms with Crippen molar-refractivity contribution in [1.82, 2.24) is 52.0 Å². The number of fused-ring (bicyclic) bond motifs is 6. The second-order valence-electron chi connectivity index (χ2n) is 31.8. The molecule has 3 fully saturated rings. The number of hydrogen-bond acceptors (Lipinski definition) is 23. The summed E-state index contributed by atoms with van der Waals surface area (Å²) in [6, 6.07) is 16.8. The first-order valence-corrected chi connectivity index (χ1v) is 43.9. The molecule has 0 aliphatic carbocycles. The zero-order chi connectivity index (χ0) is 88.7. The zero-order valence-electron chi connectivity index (χ0n) is 70.5. The Bertz CT molecular complexity index is 4600. The van der Waals surface area contributed by atoms with Crippen LogP contribution >= 0.6 is 33.2 Å². The van der Waals surface area contributed by atoms with Gasteiger partial charge in [-0.2, -0.15) is 0 Å². The van der Waals surface area contributed by atoms with E-state index in [4.69, 9.17) is 41.0 Å². The summed E-state index contributed by atoms with van der Waals surface area (Å²) >= 11 is 6.84. The molecule has 4 aliphatic heterocycles. The number of H-pyrrole nitrogens is 1. The number of anilines is 1. The number of nitrogens with one attached hydrogen (secondary N) is 8. The molecule has 0 radical (unpaired) electrons. The van der Waals surface area contributed by atoms with Crippen LogP contribution in [0.15, 0.2) is 121 Å². The fourth-order valence-electron chi connectivity index (χ4n) is 15.4. The Morgan fingerprint density at radius 3 is 2.14 bits per heavy atom. The van der Waals surface area contributed by atoms with E-state index >= 15 is 14.4 Å². The molecule has 5 heterocycles. The van der Waals surface area contributed by atoms with Gasteiger partial charge < -0.3 is 96.3 Å². The second-order valence-corrected chi connectivity index (χ2v) is 34.9. The van der Waals surface area contributed by atoms with E-state index in [1.54, 1.807) is 93.8 Å². The van der Waals surface area contributed by atoms with Gasteiger partial charge in [-0.25, -0.2) is 9.59 Å². The summed E-state index contributed by atoms with van der Waals surface area (Å²) in [7, 11) is 9.90. The third-order valence-corrected chi connectivity index (χ3v) is 25.6. The number of halogens is 1. The van der Waals surface area contributed by atoms with Crippen molar-refractivity contribution >= 4 is 121 Å². The van der Waals surface area contributed by atoms with Gasteiger partial charge in [-0.3, -0.25) is 53.3 Å². The van der Waals surface area contributed by atoms with Gasteiger partial charge in [0.25, 0.3) is 0 Å². The van der Waals surface area contributed by atoms with Crippen LogP contribution in [0.3, 0.4) is 0 Å². The molecule has 0 saturated carbocycles. The average molecular weight is 1750 g/mol. The van der Waals surface area contributed by atoms with E-state index in [0.29, 0.717) is 58.9 Å². The number of aromatic amines is 1. The number of epoxide rings is 1. The predicted octanol–water partition coefficient (Wildman–Crippen LogP) is 5.86. The van der Waals surface area contributed by atoms with Gasteiger partial charge in [0.2, 0.25) is 53.2 Å². The van der Waals surface area contributed by atoms with E-state index in [2.05, 4.69) is 42.2 Å². The summed E-state index contributed by atoms with van der Waals surface area (Å²) in [6.45, 7) is 8.41. The molecule has 35 heteroatoms. The van der Waals surface area contributed by atoms with Crippen molar-refractivity contribution < 1.29 is 96.5 Å². The number of aliphatic hydroxyl groups excluding tert-OH is 1. The number of nitrogens with two attached hydrogens (primary N) is 1. The average Bonchev–Trinajstić information content (AvgIpc) is 1.57. The Morgan fingerprint density at radius 1 is 0.795 bits per heavy atom. The van der Waals surface area contributed by atoms with Crippen molar-refractivity contribution in [3.63, 3.8) is 0 Å². The number of alkyl carbamates (subject to hydrolysis) is 1. The van der Waals surface area contributed by atoms with Gasteiger partial charge in [-0.1, -0.05) is 131 Å². The first-order valence-electron chi connectivity index (χ1n) is 41.0. The van der Waals surface area contributed by atoms with E-state index in [1.165, 1.54) is 85.7 Å². The highest BCUT2D eigenvalue weighted by Crippen LogP contribution is 2.49. The molecule has 3 saturated heterocycles. The number of allylic oxidation sites excluding steroid dienone is 3. The number of rotatable bonds is 29. The number of nitrogens with zero attached hydrogens (tertiary/aromatic N) is 3. The summed E-state index contributed by atoms with van der Waals surface area (Å²) in [6.07, 6.45) is 0.293. The molecule has 5 aromatic rings. The molecule has 13 N–H and O–H groups in total. The highest BCUT2D eigenvalue weighted by Gasteiger charge is 2.64. The molecular weight excluding hydrogens is 1630 g/mol. The van der Waals surface area contributed by atoms with Crippen LogP contribution in [0.25, 0.3) is 10.9 Å². The number of aliphatic hydroxyl groups is 2. The largest absolute Gasteiger partial charge is 0.508 e. The summed E-state index contributed by atoms with van der Waals surface area (Å²) in [5.74, 6) is -8.10. The van der Waals surface area contributed by atoms with E-state index in [9.17, 15) is 58.5 Å². The molecule has 0 spiro atoms. The number of hydrogen-bond donors (Lipinski definition) is 12. The predicted molar refractivity (Wildman–Crippen MR) is 461 cm³/mol. The number of para-hydroxylation sites is 1. The van der Waals surface area contributed by atoms with Gasteiger partial charge >= 0.3 is 12.1 Å². The molecule has 9 rings (SSSR count). The van der Waals surface area contributed by atoms with E-state index < -0.39 is 156 Å². The minimum Gasteiger partial charge on any atom is -0.508 e. The smallest absolute Gasteiger partial charge is 0.409 e. The number of benzene rings is 4. The lowest BCUT2D eigenvalue weighted by atomic mass is 9.83. The number of unbranched alkanes of at least 4 members (excludes halogenated alkanes) is 1. The van der Waals surface area contributed by atoms with Crippen molar-refractivity contribution in [3.8, 4) is 11.5 Å². The summed E-state index contributed by atoms with van der Waals surface area (Å²) in [5, 5.41) is 53.5. The van der Waals surface area contributed by atoms with Crippen molar-refractivity contribution in [3.05, 3.63) is 148 Å². The number of carbonyl (C=O) groups excluding carboxylic acids is 12. The van der Waals surface area contributed by atoms with Gasteiger partial charge in [0.15, 0.2) is 11.5 Å². The lowest BCUT2D eigenvalue weighted by Gasteiger charge is -2.42. The normalized spacial score (nSPS) is 26.0. The number of aromatic nitrogens is 1. The van der Waals surface area contributed by atoms with Crippen molar-refractivity contribution in [2.24, 2.45) is 17.6 Å². The highest BCUT2D eigenvalue weighted by atomic mass is 35.5. The van der Waals surface area contributed by atoms with E-state index in [0.717, 1.165) is 26.9 Å². The molecule has 32 nitrogen and oxygen atoms in total. The Labute approximate surface area is 723 Å². The fraction of sp³-hybridized carbons (Fsp3) is 0.517. The first kappa shape index (κ1) is 95.8. The van der Waals surface area contributed by atoms with Gasteiger partial charge in [-0.15, -0.1) is 0 Å². The number of methoxy groups -OCH3 is 2. The van der Waals surface area contributed by atoms with Crippen LogP contribution < -0.4 is 52.6 Å². The topological polar surface area (TPSA) is 451 Å². The zero-order valence-corrected chi connectivity index (χ0v) is 72.9. The van der Waals surface area contributed by atoms with E-state index in [-0.39, 0.29) is 112 Å². The summed E-state index contributed by atoms with van der Waals surface area (Å²) in [4.78, 5) is 179. The van der Waals surface area contributed by atoms with Crippen LogP contribution in [0.1, 0.15) is 128 Å². The van der Waals surface area contributed by atoms with Gasteiger partial charge in [0, 0.05) is 140 Å². The number of aromatic hydroxyl groups is 1. The highest BCUT2D eigenvalue weighted by molar-refractivity contribution is 8.76. The number of phenols is 1. The lowest BCUT2D eigenvalue weighted by molar-refractivity contribution is -0.161. The molecule has 10 amide bonds. The first-order chi connectivity index (χ1) is 58.1. The van der Waals surface area contributed by atoms with Crippen molar-refractivity contribution in [1.29, 1.82) is 0 Å². The minimum absolute atomic E-state index is 0.000827. The van der Waals surface area contributed by atoms with Gasteiger partial charge in [0.05, 0.1) is 31.0 Å². The second kappa shape index (κ2) is 44.8. The van der Waals surface area contributed by atoms with Gasteiger partial charge in [0.1, 0.15) is 70.6 Å². The third kappa shape index (κ3) is 26.0. The van der Waals surface area contributed by atoms with Crippen LogP contribution in [0.2, 0.25) is 5.02 Å². The molecule has 4 aliphatic rings. The Kier molecular flexibility index (Phi) is 35.2. The van der Waals surface area contributed by atoms with Crippen LogP contribution in [0.5, 0.6) is 11.5 Å². The maximum Gasteiger partial charge on any atom is 0.409 e. The SMILES string of the molecule is COc1cc2cc(c1Cl)N(C)C(=O)CC[C@H](OC(=O)[C@H](C)N(C)C(=O)CCSSCCC(=O)NCCNC(=O)CC[C@H]1C(=O)N[C@@H](Cc3ccc(O)cc3)C(=O)N[C@H](Cc3c[nH]c4ccccc34)C(=O)C[C@@H](CCCCN)C(=O)N[C@@H]([C@@H](C)O)C(=O)N[C@@H](Cc3ccccc3)C(=O)N1C)[C@]1(C)O[C@H]1[C@H](C)[C@@H]1C[C@@](O)(NC(=O)O1)[C@H](OC)/C=C/C=C(\C)C2. The Morgan fingerprint density at radius 2 is 1.45 bits per heavy atom. The third-order valence-electron chi connectivity index (χ3n) is 22.8. The van der Waals surface area contributed by atoms with Crippen LogP contribution in [0.4, 0.5) is 10.5 Å². The van der Waals surface area contributed by atoms with Crippen LogP contribution in [-0.2, 0) is 97.4 Å². The molecular formula is C87H115ClN12O20S2. The number of likely N-dealkylation sites (N-methyl/N-ethyl adjacent to an activating group) is 2. The molecule has 15 atom stereocenters. The summed E-state index contributed by atoms with van der Waals surface area (Å²) in [5.41, 5.74) is 7.20. The molecule has 4 aromatic carbocycles. The number of phenolic OH excluding ortho intramolecular Hbond substituents is 1. The number of Topliss-reactive ketones (excluding diaryl/α,β-unsaturated/α-hetero) is 1. The summed E-state index contributed by atoms with van der Waals surface area (Å²) < 4.78 is 29.7. The molecule has 4 bridgehead atoms. The standard InChI is InChI=1S/C87H115ClN12O20S2/c1-50-19-18-25-71(117-10)87(115)48-69(118-85(114)97-87)51(2)78-86(5,120-78)70(31-33-74(106)99(7)66-44-56(41-50)45-68(116-9)76(66)88)119-84(113)52(3)98(6)75(107)35-40-122-121-39-34-73(105)91-38-37-90-72(104)32-30-65-81(110)94-63(42-55-26-28-59(102)29-27-55)80(109)93-62(46-58-49-92-61-24-15-14-23-60(58)61)67(103)47-57(22-16-17-36-89)79(108)96-77(53(4)101)82(111)95-64(83(112)100(65)8)43-54-20-12-11-13-21-54/h11-15,18-21,23-29,44-45,49,51-53,57,62-65,69-71,77-78,92,101-102,115H,16-17,22,30-43,46-48,89H2,1-10H3,(H,90,104)(H,91,105)(H,93,109)(H,94,110)(H,95,111)(H,96,108)(H,97,114)/b25-18+,50-19+/t51-,52+,53-,57-,62-,63+,64+,65+,69+,70+,71-,77+,78+,86+,87+/m1/s1. The van der Waals surface area contributed by atoms with E-state index in [1.807, 2.05) is 37.3 Å². The fourth-order valence-corrected chi connectivity index (χ4v) is 17.7. The molecule has 662 valence electrons. The monoisotopic (exact) mass is 1750 g/mol. The van der Waals surface area contributed by atoms with Crippen molar-refractivity contribution in [2.75, 3.05) is 71.4 Å². The van der Waals surface area contributed by atoms with Crippen molar-refractivity contribution in [2.45, 2.75) is 209 Å². The number of ether oxygens (including phenoxy) is 5. The number of carbonyl (C=O) groups is 12. The van der Waals surface area contributed by atoms with Crippen LogP contribution in [-0.4, -0.2) is 246 Å². The minimum atomic E-state index is -1.91. The molecule has 0 unspecified atom stereocenters. The quantitative estimate of drug-likeness (QED) is 0.0115. The lowest BCUT2D eigenvalue weighted by Crippen LogP contribution is -2.63. The molecule has 122 heavy (non-hydrogen) atoms. The number of esters is 1. The maximum absolute atomic E-state index is 15.2. The Hall–Kier alpha value is -10.1. The number of amides is 10. The maximum atomic E-state index is 15.2. The number of ketones is 1. The molecule has 1 aromatic heterocycles.